The highest BCUT2D eigenvalue weighted by molar-refractivity contribution is 6.45. The van der Waals surface area contributed by atoms with Crippen LogP contribution in [0.2, 0.25) is 0 Å². The highest BCUT2D eigenvalue weighted by atomic mass is 16.2. The van der Waals surface area contributed by atoms with Gasteiger partial charge in [-0.05, 0) is 40.7 Å². The molecule has 0 spiro atoms. The number of aromatic nitrogens is 1. The summed E-state index contributed by atoms with van der Waals surface area (Å²) < 4.78 is 0. The van der Waals surface area contributed by atoms with Gasteiger partial charge in [0.2, 0.25) is 5.78 Å². The maximum atomic E-state index is 12.8. The summed E-state index contributed by atoms with van der Waals surface area (Å²) >= 11 is 0. The molecule has 0 radical (unpaired) electrons. The van der Waals surface area contributed by atoms with Crippen LogP contribution in [0, 0.1) is 0 Å². The smallest absolute Gasteiger partial charge is 0.287 e. The SMILES string of the molecule is N/C=C\C(=N\c1ccccn1)C(=O)NC(Cc1ccc2ccccc2c1)C(=O)C(N)=O. The van der Waals surface area contributed by atoms with Gasteiger partial charge in [-0.2, -0.15) is 0 Å². The van der Waals surface area contributed by atoms with Crippen LogP contribution in [0.25, 0.3) is 10.8 Å². The fraction of sp³-hybridized carbons (Fsp3) is 0.0870. The molecular weight excluding hydrogens is 394 g/mol. The highest BCUT2D eigenvalue weighted by Gasteiger charge is 2.26. The number of hydrogen-bond donors (Lipinski definition) is 3. The molecule has 2 aromatic carbocycles. The molecule has 0 aliphatic carbocycles. The summed E-state index contributed by atoms with van der Waals surface area (Å²) in [5.74, 6) is -2.44. The first-order chi connectivity index (χ1) is 15.0. The Kier molecular flexibility index (Phi) is 6.85. The van der Waals surface area contributed by atoms with Crippen LogP contribution in [0.5, 0.6) is 0 Å². The Bertz CT molecular complexity index is 1170. The van der Waals surface area contributed by atoms with E-state index < -0.39 is 23.6 Å². The maximum Gasteiger partial charge on any atom is 0.287 e. The molecule has 8 heteroatoms. The van der Waals surface area contributed by atoms with Gasteiger partial charge in [-0.1, -0.05) is 48.5 Å². The minimum atomic E-state index is -1.16. The minimum absolute atomic E-state index is 0.0676. The standard InChI is InChI=1S/C23H21N5O3/c24-11-10-18(27-20-7-3-4-12-26-20)23(31)28-19(21(29)22(25)30)14-15-8-9-16-5-1-2-6-17(16)13-15/h1-13,19H,14,24H2,(H2,25,30)(H,28,31)/b11-10-,27-18-. The number of carbonyl (C=O) groups is 3. The molecule has 5 N–H and O–H groups in total. The second kappa shape index (κ2) is 9.93. The van der Waals surface area contributed by atoms with Crippen molar-refractivity contribution in [1.29, 1.82) is 0 Å². The quantitative estimate of drug-likeness (QED) is 0.378. The molecule has 0 bridgehead atoms. The van der Waals surface area contributed by atoms with Gasteiger partial charge in [-0.15, -0.1) is 0 Å². The zero-order valence-corrected chi connectivity index (χ0v) is 16.6. The average molecular weight is 415 g/mol. The molecule has 1 unspecified atom stereocenters. The van der Waals surface area contributed by atoms with E-state index in [9.17, 15) is 14.4 Å². The number of ketones is 1. The molecule has 1 atom stereocenters. The van der Waals surface area contributed by atoms with Gasteiger partial charge < -0.3 is 16.8 Å². The molecule has 0 fully saturated rings. The average Bonchev–Trinajstić information content (AvgIpc) is 2.78. The molecule has 3 rings (SSSR count). The second-order valence-electron chi connectivity index (χ2n) is 6.68. The summed E-state index contributed by atoms with van der Waals surface area (Å²) in [6.07, 6.45) is 4.04. The van der Waals surface area contributed by atoms with Crippen LogP contribution in [0.15, 0.2) is 84.1 Å². The molecular formula is C23H21N5O3. The van der Waals surface area contributed by atoms with Crippen molar-refractivity contribution < 1.29 is 14.4 Å². The lowest BCUT2D eigenvalue weighted by Gasteiger charge is -2.17. The van der Waals surface area contributed by atoms with Crippen molar-refractivity contribution in [3.63, 3.8) is 0 Å². The predicted molar refractivity (Wildman–Crippen MR) is 118 cm³/mol. The molecule has 1 aromatic heterocycles. The van der Waals surface area contributed by atoms with Gasteiger partial charge in [0.1, 0.15) is 11.8 Å². The van der Waals surface area contributed by atoms with E-state index >= 15 is 0 Å². The van der Waals surface area contributed by atoms with Gasteiger partial charge >= 0.3 is 0 Å². The molecule has 156 valence electrons. The normalized spacial score (nSPS) is 12.6. The van der Waals surface area contributed by atoms with Gasteiger partial charge in [-0.3, -0.25) is 14.4 Å². The molecule has 31 heavy (non-hydrogen) atoms. The summed E-state index contributed by atoms with van der Waals surface area (Å²) in [4.78, 5) is 44.9. The Morgan fingerprint density at radius 3 is 2.45 bits per heavy atom. The third-order valence-electron chi connectivity index (χ3n) is 4.49. The maximum absolute atomic E-state index is 12.8. The third kappa shape index (κ3) is 5.60. The van der Waals surface area contributed by atoms with Gasteiger partial charge in [0.05, 0.1) is 0 Å². The molecule has 1 heterocycles. The first-order valence-corrected chi connectivity index (χ1v) is 9.48. The largest absolute Gasteiger partial charge is 0.405 e. The number of fused-ring (bicyclic) bond motifs is 1. The number of Topliss-reactive ketones (excluding diaryl/α,β-unsaturated/α-hetero) is 1. The Hall–Kier alpha value is -4.33. The van der Waals surface area contributed by atoms with Crippen LogP contribution in [0.3, 0.4) is 0 Å². The number of benzene rings is 2. The number of amides is 2. The van der Waals surface area contributed by atoms with E-state index in [1.54, 1.807) is 18.2 Å². The van der Waals surface area contributed by atoms with Crippen LogP contribution in [0.1, 0.15) is 5.56 Å². The summed E-state index contributed by atoms with van der Waals surface area (Å²) in [6.45, 7) is 0. The fourth-order valence-electron chi connectivity index (χ4n) is 3.01. The van der Waals surface area contributed by atoms with Crippen LogP contribution in [-0.2, 0) is 20.8 Å². The Morgan fingerprint density at radius 2 is 1.77 bits per heavy atom. The Balaban J connectivity index is 1.87. The number of aliphatic imine (C=N–C) groups is 1. The lowest BCUT2D eigenvalue weighted by atomic mass is 9.99. The van der Waals surface area contributed by atoms with Crippen molar-refractivity contribution in [1.82, 2.24) is 10.3 Å². The van der Waals surface area contributed by atoms with Crippen LogP contribution in [0.4, 0.5) is 5.82 Å². The Morgan fingerprint density at radius 1 is 1.03 bits per heavy atom. The van der Waals surface area contributed by atoms with Gasteiger partial charge in [0, 0.05) is 12.6 Å². The van der Waals surface area contributed by atoms with E-state index in [1.165, 1.54) is 12.3 Å². The van der Waals surface area contributed by atoms with E-state index in [0.717, 1.165) is 22.5 Å². The number of rotatable bonds is 8. The predicted octanol–water partition coefficient (Wildman–Crippen LogP) is 1.56. The van der Waals surface area contributed by atoms with Crippen LogP contribution >= 0.6 is 0 Å². The Labute approximate surface area is 178 Å². The molecule has 0 aliphatic rings. The zero-order valence-electron chi connectivity index (χ0n) is 16.6. The molecule has 8 nitrogen and oxygen atoms in total. The number of hydrogen-bond acceptors (Lipinski definition) is 6. The van der Waals surface area contributed by atoms with Crippen LogP contribution in [-0.4, -0.2) is 34.3 Å². The first kappa shape index (κ1) is 21.4. The monoisotopic (exact) mass is 415 g/mol. The zero-order chi connectivity index (χ0) is 22.2. The number of carbonyl (C=O) groups excluding carboxylic acids is 3. The minimum Gasteiger partial charge on any atom is -0.405 e. The lowest BCUT2D eigenvalue weighted by molar-refractivity contribution is -0.137. The second-order valence-corrected chi connectivity index (χ2v) is 6.68. The van der Waals surface area contributed by atoms with E-state index in [4.69, 9.17) is 11.5 Å². The van der Waals surface area contributed by atoms with Crippen molar-refractivity contribution in [2.45, 2.75) is 12.5 Å². The van der Waals surface area contributed by atoms with Crippen molar-refractivity contribution in [2.24, 2.45) is 16.5 Å². The van der Waals surface area contributed by atoms with Crippen molar-refractivity contribution in [3.05, 3.63) is 84.7 Å². The van der Waals surface area contributed by atoms with Crippen molar-refractivity contribution >= 4 is 39.9 Å². The molecule has 3 aromatic rings. The summed E-state index contributed by atoms with van der Waals surface area (Å²) in [5, 5.41) is 4.55. The number of nitrogens with two attached hydrogens (primary N) is 2. The van der Waals surface area contributed by atoms with Gasteiger partial charge in [-0.25, -0.2) is 9.98 Å². The van der Waals surface area contributed by atoms with Gasteiger partial charge in [0.25, 0.3) is 11.8 Å². The van der Waals surface area contributed by atoms with Gasteiger partial charge in [0.15, 0.2) is 5.82 Å². The summed E-state index contributed by atoms with van der Waals surface area (Å²) in [7, 11) is 0. The van der Waals surface area contributed by atoms with Crippen molar-refractivity contribution in [2.75, 3.05) is 0 Å². The first-order valence-electron chi connectivity index (χ1n) is 9.48. The lowest BCUT2D eigenvalue weighted by Crippen LogP contribution is -2.49. The summed E-state index contributed by atoms with van der Waals surface area (Å²) in [5.41, 5.74) is 11.3. The van der Waals surface area contributed by atoms with Crippen molar-refractivity contribution in [3.8, 4) is 0 Å². The third-order valence-corrected chi connectivity index (χ3v) is 4.49. The molecule has 0 saturated carbocycles. The summed E-state index contributed by atoms with van der Waals surface area (Å²) in [6, 6.07) is 17.2. The number of nitrogens with zero attached hydrogens (tertiary/aromatic N) is 2. The van der Waals surface area contributed by atoms with Crippen LogP contribution < -0.4 is 16.8 Å². The van der Waals surface area contributed by atoms with E-state index in [2.05, 4.69) is 15.3 Å². The van der Waals surface area contributed by atoms with E-state index in [1.807, 2.05) is 42.5 Å². The number of nitrogens with one attached hydrogen (secondary N) is 1. The fourth-order valence-corrected chi connectivity index (χ4v) is 3.01. The van der Waals surface area contributed by atoms with E-state index in [0.29, 0.717) is 0 Å². The topological polar surface area (TPSA) is 141 Å². The highest BCUT2D eigenvalue weighted by Crippen LogP contribution is 2.17. The number of primary amides is 1. The van der Waals surface area contributed by atoms with E-state index in [-0.39, 0.29) is 18.0 Å². The number of pyridine rings is 1. The molecule has 2 amide bonds. The molecule has 0 saturated heterocycles. The molecule has 0 aliphatic heterocycles.